The molecule has 3 rings (SSSR count). The molecular formula is C15H20N4O. The van der Waals surface area contributed by atoms with Gasteiger partial charge in [-0.15, -0.1) is 5.10 Å². The molecule has 1 aromatic heterocycles. The first kappa shape index (κ1) is 13.3. The molecule has 0 saturated carbocycles. The van der Waals surface area contributed by atoms with E-state index >= 15 is 0 Å². The molecular weight excluding hydrogens is 252 g/mol. The summed E-state index contributed by atoms with van der Waals surface area (Å²) in [5.41, 5.74) is 6.70. The van der Waals surface area contributed by atoms with Gasteiger partial charge >= 0.3 is 0 Å². The van der Waals surface area contributed by atoms with Crippen LogP contribution < -0.4 is 10.6 Å². The van der Waals surface area contributed by atoms with Crippen LogP contribution in [0.25, 0.3) is 10.8 Å². The first-order chi connectivity index (χ1) is 9.70. The van der Waals surface area contributed by atoms with Crippen LogP contribution in [-0.4, -0.2) is 42.0 Å². The Morgan fingerprint density at radius 3 is 2.80 bits per heavy atom. The molecule has 20 heavy (non-hydrogen) atoms. The predicted molar refractivity (Wildman–Crippen MR) is 79.9 cm³/mol. The second-order valence-corrected chi connectivity index (χ2v) is 5.35. The molecule has 1 aliphatic heterocycles. The second kappa shape index (κ2) is 5.34. The van der Waals surface area contributed by atoms with E-state index in [4.69, 9.17) is 10.5 Å². The van der Waals surface area contributed by atoms with E-state index in [-0.39, 0.29) is 12.1 Å². The van der Waals surface area contributed by atoms with Gasteiger partial charge in [0.05, 0.1) is 24.4 Å². The van der Waals surface area contributed by atoms with Gasteiger partial charge in [-0.1, -0.05) is 24.3 Å². The van der Waals surface area contributed by atoms with Crippen molar-refractivity contribution >= 4 is 16.6 Å². The molecule has 1 fully saturated rings. The summed E-state index contributed by atoms with van der Waals surface area (Å²) in [6.45, 7) is 6.10. The van der Waals surface area contributed by atoms with Gasteiger partial charge in [0.15, 0.2) is 5.82 Å². The van der Waals surface area contributed by atoms with Crippen LogP contribution in [0.2, 0.25) is 0 Å². The highest BCUT2D eigenvalue weighted by atomic mass is 16.5. The SMILES string of the molecule is Cc1nnc(N2CC(CN)OCC2C)c2ccccc12. The third-order valence-electron chi connectivity index (χ3n) is 3.89. The second-order valence-electron chi connectivity index (χ2n) is 5.35. The van der Waals surface area contributed by atoms with Gasteiger partial charge in [0.2, 0.25) is 0 Å². The number of anilines is 1. The lowest BCUT2D eigenvalue weighted by Crippen LogP contribution is -2.51. The number of hydrogen-bond acceptors (Lipinski definition) is 5. The zero-order valence-electron chi connectivity index (χ0n) is 11.9. The smallest absolute Gasteiger partial charge is 0.159 e. The van der Waals surface area contributed by atoms with E-state index in [1.165, 1.54) is 0 Å². The van der Waals surface area contributed by atoms with Crippen molar-refractivity contribution < 1.29 is 4.74 Å². The Morgan fingerprint density at radius 2 is 2.05 bits per heavy atom. The largest absolute Gasteiger partial charge is 0.373 e. The van der Waals surface area contributed by atoms with E-state index in [0.717, 1.165) is 28.8 Å². The number of morpholine rings is 1. The standard InChI is InChI=1S/C15H20N4O/c1-10-9-20-12(7-16)8-19(10)15-14-6-4-3-5-13(14)11(2)17-18-15/h3-6,10,12H,7-9,16H2,1-2H3. The van der Waals surface area contributed by atoms with Crippen LogP contribution >= 0.6 is 0 Å². The van der Waals surface area contributed by atoms with E-state index in [9.17, 15) is 0 Å². The molecule has 2 atom stereocenters. The van der Waals surface area contributed by atoms with Crippen molar-refractivity contribution in [3.63, 3.8) is 0 Å². The Bertz CT molecular complexity index is 616. The monoisotopic (exact) mass is 272 g/mol. The Hall–Kier alpha value is -1.72. The van der Waals surface area contributed by atoms with Crippen molar-refractivity contribution in [2.45, 2.75) is 26.0 Å². The van der Waals surface area contributed by atoms with Crippen molar-refractivity contribution in [3.05, 3.63) is 30.0 Å². The van der Waals surface area contributed by atoms with Crippen molar-refractivity contribution in [1.82, 2.24) is 10.2 Å². The summed E-state index contributed by atoms with van der Waals surface area (Å²) in [7, 11) is 0. The molecule has 0 bridgehead atoms. The van der Waals surface area contributed by atoms with Gasteiger partial charge in [0.1, 0.15) is 0 Å². The van der Waals surface area contributed by atoms with Gasteiger partial charge in [-0.3, -0.25) is 0 Å². The highest BCUT2D eigenvalue weighted by molar-refractivity contribution is 5.93. The first-order valence-electron chi connectivity index (χ1n) is 7.01. The maximum absolute atomic E-state index is 5.74. The van der Waals surface area contributed by atoms with Gasteiger partial charge in [-0.05, 0) is 13.8 Å². The molecule has 5 heteroatoms. The molecule has 5 nitrogen and oxygen atoms in total. The van der Waals surface area contributed by atoms with Gasteiger partial charge in [-0.25, -0.2) is 0 Å². The maximum atomic E-state index is 5.74. The Morgan fingerprint density at radius 1 is 1.30 bits per heavy atom. The van der Waals surface area contributed by atoms with Crippen LogP contribution in [0.4, 0.5) is 5.82 Å². The number of hydrogen-bond donors (Lipinski definition) is 1. The number of nitrogens with two attached hydrogens (primary N) is 1. The summed E-state index contributed by atoms with van der Waals surface area (Å²) in [6.07, 6.45) is 0.0630. The van der Waals surface area contributed by atoms with Crippen molar-refractivity contribution in [1.29, 1.82) is 0 Å². The number of aromatic nitrogens is 2. The molecule has 0 spiro atoms. The Labute approximate surface area is 118 Å². The normalized spacial score (nSPS) is 23.2. The number of nitrogens with zero attached hydrogens (tertiary/aromatic N) is 3. The molecule has 1 aliphatic rings. The fraction of sp³-hybridized carbons (Fsp3) is 0.467. The van der Waals surface area contributed by atoms with E-state index in [1.54, 1.807) is 0 Å². The van der Waals surface area contributed by atoms with Crippen molar-refractivity contribution in [2.75, 3.05) is 24.6 Å². The van der Waals surface area contributed by atoms with Crippen LogP contribution in [0.3, 0.4) is 0 Å². The quantitative estimate of drug-likeness (QED) is 0.897. The molecule has 1 saturated heterocycles. The van der Waals surface area contributed by atoms with Crippen LogP contribution in [0.15, 0.2) is 24.3 Å². The molecule has 2 aromatic rings. The summed E-state index contributed by atoms with van der Waals surface area (Å²) in [5.74, 6) is 0.931. The van der Waals surface area contributed by atoms with Crippen LogP contribution in [0.1, 0.15) is 12.6 Å². The average Bonchev–Trinajstić information content (AvgIpc) is 2.49. The molecule has 0 radical (unpaired) electrons. The van der Waals surface area contributed by atoms with Crippen LogP contribution in [-0.2, 0) is 4.74 Å². The lowest BCUT2D eigenvalue weighted by atomic mass is 10.1. The molecule has 2 N–H and O–H groups in total. The minimum absolute atomic E-state index is 0.0630. The summed E-state index contributed by atoms with van der Waals surface area (Å²) in [5, 5.41) is 11.0. The molecule has 0 aliphatic carbocycles. The minimum atomic E-state index is 0.0630. The van der Waals surface area contributed by atoms with Gasteiger partial charge < -0.3 is 15.4 Å². The summed E-state index contributed by atoms with van der Waals surface area (Å²) >= 11 is 0. The minimum Gasteiger partial charge on any atom is -0.373 e. The van der Waals surface area contributed by atoms with Gasteiger partial charge in [-0.2, -0.15) is 5.10 Å². The van der Waals surface area contributed by atoms with E-state index in [2.05, 4.69) is 34.2 Å². The average molecular weight is 272 g/mol. The van der Waals surface area contributed by atoms with Crippen molar-refractivity contribution in [2.24, 2.45) is 5.73 Å². The topological polar surface area (TPSA) is 64.3 Å². The zero-order valence-corrected chi connectivity index (χ0v) is 11.9. The van der Waals surface area contributed by atoms with E-state index in [0.29, 0.717) is 13.2 Å². The molecule has 106 valence electrons. The molecule has 2 unspecified atom stereocenters. The molecule has 2 heterocycles. The summed E-state index contributed by atoms with van der Waals surface area (Å²) in [4.78, 5) is 2.26. The zero-order chi connectivity index (χ0) is 14.1. The number of aryl methyl sites for hydroxylation is 1. The number of benzene rings is 1. The highest BCUT2D eigenvalue weighted by Crippen LogP contribution is 2.28. The van der Waals surface area contributed by atoms with Crippen molar-refractivity contribution in [3.8, 4) is 0 Å². The third kappa shape index (κ3) is 2.23. The third-order valence-corrected chi connectivity index (χ3v) is 3.89. The van der Waals surface area contributed by atoms with Crippen LogP contribution in [0, 0.1) is 6.92 Å². The Kier molecular flexibility index (Phi) is 3.54. The summed E-state index contributed by atoms with van der Waals surface area (Å²) in [6, 6.07) is 8.55. The Balaban J connectivity index is 2.07. The fourth-order valence-corrected chi connectivity index (χ4v) is 2.69. The lowest BCUT2D eigenvalue weighted by Gasteiger charge is -2.38. The highest BCUT2D eigenvalue weighted by Gasteiger charge is 2.27. The summed E-state index contributed by atoms with van der Waals surface area (Å²) < 4.78 is 5.71. The molecule has 0 amide bonds. The van der Waals surface area contributed by atoms with Gasteiger partial charge in [0, 0.05) is 23.9 Å². The fourth-order valence-electron chi connectivity index (χ4n) is 2.69. The maximum Gasteiger partial charge on any atom is 0.159 e. The van der Waals surface area contributed by atoms with E-state index < -0.39 is 0 Å². The predicted octanol–water partition coefficient (Wildman–Crippen LogP) is 1.49. The lowest BCUT2D eigenvalue weighted by molar-refractivity contribution is 0.0280. The van der Waals surface area contributed by atoms with Gasteiger partial charge in [0.25, 0.3) is 0 Å². The van der Waals surface area contributed by atoms with Crippen LogP contribution in [0.5, 0.6) is 0 Å². The first-order valence-corrected chi connectivity index (χ1v) is 7.01. The molecule has 1 aromatic carbocycles. The van der Waals surface area contributed by atoms with E-state index in [1.807, 2.05) is 19.1 Å². The number of rotatable bonds is 2. The number of fused-ring (bicyclic) bond motifs is 1. The number of ether oxygens (including phenoxy) is 1.